The van der Waals surface area contributed by atoms with E-state index in [0.29, 0.717) is 0 Å². The van der Waals surface area contributed by atoms with Gasteiger partial charge in [-0.2, -0.15) is 0 Å². The minimum absolute atomic E-state index is 0.0540. The average Bonchev–Trinajstić information content (AvgIpc) is 2.29. The molecule has 0 spiro atoms. The van der Waals surface area contributed by atoms with Gasteiger partial charge in [0.25, 0.3) is 0 Å². The van der Waals surface area contributed by atoms with Crippen molar-refractivity contribution in [1.82, 2.24) is 5.32 Å². The number of rotatable bonds is 4. The molecule has 0 fully saturated rings. The molecule has 0 saturated heterocycles. The van der Waals surface area contributed by atoms with E-state index in [0.717, 1.165) is 5.56 Å². The minimum Gasteiger partial charge on any atom is -0.443 e. The molecule has 3 nitrogen and oxygen atoms in total. The van der Waals surface area contributed by atoms with Crippen molar-refractivity contribution >= 4 is 6.09 Å². The Morgan fingerprint density at radius 3 is 2.22 bits per heavy atom. The molecule has 0 aliphatic rings. The van der Waals surface area contributed by atoms with Gasteiger partial charge in [-0.05, 0) is 32.3 Å². The van der Waals surface area contributed by atoms with Crippen LogP contribution in [0.25, 0.3) is 0 Å². The van der Waals surface area contributed by atoms with Gasteiger partial charge in [0.2, 0.25) is 0 Å². The first kappa shape index (κ1) is 14.6. The molecule has 1 aromatic rings. The predicted octanol–water partition coefficient (Wildman–Crippen LogP) is 3.91. The van der Waals surface area contributed by atoms with Crippen molar-refractivity contribution in [3.63, 3.8) is 0 Å². The summed E-state index contributed by atoms with van der Waals surface area (Å²) in [7, 11) is 0. The molecule has 0 aliphatic heterocycles. The fourth-order valence-electron chi connectivity index (χ4n) is 1.39. The monoisotopic (exact) mass is 249 g/mol. The first-order valence-corrected chi connectivity index (χ1v) is 6.37. The molecule has 0 bridgehead atoms. The fourth-order valence-corrected chi connectivity index (χ4v) is 1.39. The highest BCUT2D eigenvalue weighted by molar-refractivity contribution is 5.68. The maximum absolute atomic E-state index is 11.8. The van der Waals surface area contributed by atoms with Gasteiger partial charge in [0.1, 0.15) is 5.60 Å². The highest BCUT2D eigenvalue weighted by Crippen LogP contribution is 2.21. The van der Waals surface area contributed by atoms with E-state index in [1.807, 2.05) is 65.0 Å². The zero-order valence-corrected chi connectivity index (χ0v) is 11.9. The first-order chi connectivity index (χ1) is 8.33. The molecule has 1 rings (SSSR count). The first-order valence-electron chi connectivity index (χ1n) is 6.37. The molecule has 1 N–H and O–H groups in total. The lowest BCUT2D eigenvalue weighted by molar-refractivity contribution is 0.00386. The summed E-state index contributed by atoms with van der Waals surface area (Å²) in [6.07, 6.45) is -0.370. The van der Waals surface area contributed by atoms with E-state index in [4.69, 9.17) is 4.74 Å². The Hall–Kier alpha value is -1.51. The zero-order valence-electron chi connectivity index (χ0n) is 11.9. The standard InChI is InChI=1S/C15H23NO2/c1-11(2)15(4,5)18-14(17)16-12(3)13-9-7-6-8-10-13/h6-12H,1-5H3,(H,16,17). The molecule has 1 atom stereocenters. The van der Waals surface area contributed by atoms with Crippen LogP contribution in [-0.4, -0.2) is 11.7 Å². The summed E-state index contributed by atoms with van der Waals surface area (Å²) in [5.74, 6) is 0.273. The van der Waals surface area contributed by atoms with Crippen molar-refractivity contribution in [2.24, 2.45) is 5.92 Å². The van der Waals surface area contributed by atoms with Crippen molar-refractivity contribution < 1.29 is 9.53 Å². The summed E-state index contributed by atoms with van der Waals surface area (Å²) >= 11 is 0. The van der Waals surface area contributed by atoms with Crippen molar-refractivity contribution in [3.05, 3.63) is 35.9 Å². The van der Waals surface area contributed by atoms with E-state index in [1.54, 1.807) is 0 Å². The smallest absolute Gasteiger partial charge is 0.408 e. The highest BCUT2D eigenvalue weighted by Gasteiger charge is 2.27. The van der Waals surface area contributed by atoms with Crippen LogP contribution in [0.15, 0.2) is 30.3 Å². The Bertz CT molecular complexity index is 385. The molecule has 0 aliphatic carbocycles. The molecule has 0 saturated carbocycles. The number of benzene rings is 1. The summed E-state index contributed by atoms with van der Waals surface area (Å²) in [5, 5.41) is 2.85. The summed E-state index contributed by atoms with van der Waals surface area (Å²) in [4.78, 5) is 11.8. The molecular formula is C15H23NO2. The van der Waals surface area contributed by atoms with Gasteiger partial charge in [-0.1, -0.05) is 44.2 Å². The Balaban J connectivity index is 2.56. The molecule has 3 heteroatoms. The van der Waals surface area contributed by atoms with E-state index in [1.165, 1.54) is 0 Å². The molecule has 1 unspecified atom stereocenters. The van der Waals surface area contributed by atoms with Gasteiger partial charge in [-0.25, -0.2) is 4.79 Å². The van der Waals surface area contributed by atoms with Crippen LogP contribution in [0.5, 0.6) is 0 Å². The number of hydrogen-bond donors (Lipinski definition) is 1. The lowest BCUT2D eigenvalue weighted by atomic mass is 9.95. The number of hydrogen-bond acceptors (Lipinski definition) is 2. The third-order valence-corrected chi connectivity index (χ3v) is 3.38. The number of nitrogens with one attached hydrogen (secondary N) is 1. The molecule has 0 heterocycles. The Kier molecular flexibility index (Phi) is 4.76. The third kappa shape index (κ3) is 4.06. The van der Waals surface area contributed by atoms with E-state index in [2.05, 4.69) is 5.32 Å². The van der Waals surface area contributed by atoms with Crippen molar-refractivity contribution in [3.8, 4) is 0 Å². The molecule has 18 heavy (non-hydrogen) atoms. The fraction of sp³-hybridized carbons (Fsp3) is 0.533. The Labute approximate surface area is 110 Å². The van der Waals surface area contributed by atoms with Crippen molar-refractivity contribution in [2.45, 2.75) is 46.3 Å². The number of amides is 1. The summed E-state index contributed by atoms with van der Waals surface area (Å²) in [6.45, 7) is 9.86. The maximum atomic E-state index is 11.8. The molecular weight excluding hydrogens is 226 g/mol. The molecule has 1 amide bonds. The minimum atomic E-state index is -0.458. The van der Waals surface area contributed by atoms with Gasteiger partial charge in [0.05, 0.1) is 6.04 Å². The molecule has 0 aromatic heterocycles. The molecule has 0 radical (unpaired) electrons. The SMILES string of the molecule is CC(NC(=O)OC(C)(C)C(C)C)c1ccccc1. The normalized spacial score (nSPS) is 13.2. The van der Waals surface area contributed by atoms with Crippen LogP contribution < -0.4 is 5.32 Å². The highest BCUT2D eigenvalue weighted by atomic mass is 16.6. The third-order valence-electron chi connectivity index (χ3n) is 3.38. The topological polar surface area (TPSA) is 38.3 Å². The lowest BCUT2D eigenvalue weighted by Crippen LogP contribution is -2.39. The van der Waals surface area contributed by atoms with E-state index in [-0.39, 0.29) is 18.1 Å². The Morgan fingerprint density at radius 1 is 1.17 bits per heavy atom. The quantitative estimate of drug-likeness (QED) is 0.878. The summed E-state index contributed by atoms with van der Waals surface area (Å²) in [6, 6.07) is 9.78. The van der Waals surface area contributed by atoms with Crippen LogP contribution in [-0.2, 0) is 4.74 Å². The van der Waals surface area contributed by atoms with Gasteiger partial charge >= 0.3 is 6.09 Å². The van der Waals surface area contributed by atoms with Gasteiger partial charge in [0.15, 0.2) is 0 Å². The largest absolute Gasteiger partial charge is 0.443 e. The number of ether oxygens (including phenoxy) is 1. The van der Waals surface area contributed by atoms with Gasteiger partial charge < -0.3 is 10.1 Å². The number of carbonyl (C=O) groups excluding carboxylic acids is 1. The van der Waals surface area contributed by atoms with Gasteiger partial charge in [-0.15, -0.1) is 0 Å². The van der Waals surface area contributed by atoms with Crippen LogP contribution >= 0.6 is 0 Å². The lowest BCUT2D eigenvalue weighted by Gasteiger charge is -2.29. The second-order valence-electron chi connectivity index (χ2n) is 5.42. The second-order valence-corrected chi connectivity index (χ2v) is 5.42. The van der Waals surface area contributed by atoms with Crippen LogP contribution in [0, 0.1) is 5.92 Å². The van der Waals surface area contributed by atoms with Gasteiger partial charge in [-0.3, -0.25) is 0 Å². The predicted molar refractivity (Wildman–Crippen MR) is 73.4 cm³/mol. The van der Waals surface area contributed by atoms with Crippen molar-refractivity contribution in [2.75, 3.05) is 0 Å². The molecule has 100 valence electrons. The average molecular weight is 249 g/mol. The van der Waals surface area contributed by atoms with E-state index < -0.39 is 5.60 Å². The van der Waals surface area contributed by atoms with Crippen LogP contribution in [0.1, 0.15) is 46.2 Å². The summed E-state index contributed by atoms with van der Waals surface area (Å²) in [5.41, 5.74) is 0.609. The second kappa shape index (κ2) is 5.89. The Morgan fingerprint density at radius 2 is 1.72 bits per heavy atom. The van der Waals surface area contributed by atoms with E-state index >= 15 is 0 Å². The number of alkyl carbamates (subject to hydrolysis) is 1. The van der Waals surface area contributed by atoms with Crippen LogP contribution in [0.4, 0.5) is 4.79 Å². The van der Waals surface area contributed by atoms with Crippen LogP contribution in [0.3, 0.4) is 0 Å². The zero-order chi connectivity index (χ0) is 13.8. The van der Waals surface area contributed by atoms with E-state index in [9.17, 15) is 4.79 Å². The summed E-state index contributed by atoms with van der Waals surface area (Å²) < 4.78 is 5.44. The molecule has 1 aromatic carbocycles. The number of carbonyl (C=O) groups is 1. The van der Waals surface area contributed by atoms with Crippen molar-refractivity contribution in [1.29, 1.82) is 0 Å². The maximum Gasteiger partial charge on any atom is 0.408 e. The van der Waals surface area contributed by atoms with Crippen LogP contribution in [0.2, 0.25) is 0 Å². The van der Waals surface area contributed by atoms with Gasteiger partial charge in [0, 0.05) is 0 Å².